The van der Waals surface area contributed by atoms with Crippen molar-refractivity contribution in [1.29, 1.82) is 0 Å². The van der Waals surface area contributed by atoms with Crippen LogP contribution in [0.1, 0.15) is 50.2 Å². The molecular formula is C31H35BrFN3O4S. The minimum Gasteiger partial charge on any atom is -0.352 e. The Morgan fingerprint density at radius 3 is 2.29 bits per heavy atom. The van der Waals surface area contributed by atoms with Crippen molar-refractivity contribution in [3.05, 3.63) is 94.2 Å². The Bertz CT molecular complexity index is 1460. The predicted molar refractivity (Wildman–Crippen MR) is 161 cm³/mol. The fourth-order valence-electron chi connectivity index (χ4n) is 4.96. The SMILES string of the molecule is Cc1ccc(N(CC(=O)N(Cc2cccc(Br)c2)[C@H](C)C(=O)NC2CCCCC2)S(=O)(=O)c2ccc(F)cc2)cc1. The van der Waals surface area contributed by atoms with Gasteiger partial charge in [0.15, 0.2) is 0 Å². The molecular weight excluding hydrogens is 609 g/mol. The molecule has 0 bridgehead atoms. The summed E-state index contributed by atoms with van der Waals surface area (Å²) in [5, 5.41) is 3.09. The van der Waals surface area contributed by atoms with Crippen LogP contribution in [0.2, 0.25) is 0 Å². The number of nitrogens with zero attached hydrogens (tertiary/aromatic N) is 2. The summed E-state index contributed by atoms with van der Waals surface area (Å²) in [4.78, 5) is 28.7. The monoisotopic (exact) mass is 643 g/mol. The molecule has 0 saturated heterocycles. The minimum absolute atomic E-state index is 0.0597. The summed E-state index contributed by atoms with van der Waals surface area (Å²) in [7, 11) is -4.25. The van der Waals surface area contributed by atoms with Crippen molar-refractivity contribution in [3.63, 3.8) is 0 Å². The molecule has 218 valence electrons. The molecule has 4 rings (SSSR count). The molecule has 1 saturated carbocycles. The van der Waals surface area contributed by atoms with Gasteiger partial charge < -0.3 is 10.2 Å². The number of carbonyl (C=O) groups is 2. The third-order valence-electron chi connectivity index (χ3n) is 7.36. The summed E-state index contributed by atoms with van der Waals surface area (Å²) in [6, 6.07) is 17.9. The molecule has 10 heteroatoms. The first-order valence-corrected chi connectivity index (χ1v) is 16.0. The third-order valence-corrected chi connectivity index (χ3v) is 9.64. The fraction of sp³-hybridized carbons (Fsp3) is 0.355. The topological polar surface area (TPSA) is 86.8 Å². The number of halogens is 2. The van der Waals surface area contributed by atoms with Gasteiger partial charge in [-0.15, -0.1) is 0 Å². The van der Waals surface area contributed by atoms with Crippen molar-refractivity contribution in [1.82, 2.24) is 10.2 Å². The molecule has 0 unspecified atom stereocenters. The summed E-state index contributed by atoms with van der Waals surface area (Å²) >= 11 is 3.46. The number of nitrogens with one attached hydrogen (secondary N) is 1. The highest BCUT2D eigenvalue weighted by molar-refractivity contribution is 9.10. The molecule has 41 heavy (non-hydrogen) atoms. The lowest BCUT2D eigenvalue weighted by Crippen LogP contribution is -2.53. The molecule has 0 heterocycles. The van der Waals surface area contributed by atoms with Gasteiger partial charge >= 0.3 is 0 Å². The predicted octanol–water partition coefficient (Wildman–Crippen LogP) is 5.96. The standard InChI is InChI=1S/C31H35BrFN3O4S/c1-22-11-15-28(16-12-22)36(41(39,40)29-17-13-26(33)14-18-29)21-30(37)35(20-24-7-6-8-25(32)19-24)23(2)31(38)34-27-9-4-3-5-10-27/h6-8,11-19,23,27H,3-5,9-10,20-21H2,1-2H3,(H,34,38)/t23-/m1/s1. The van der Waals surface area contributed by atoms with Gasteiger partial charge in [-0.2, -0.15) is 0 Å². The highest BCUT2D eigenvalue weighted by Gasteiger charge is 2.33. The molecule has 1 aliphatic carbocycles. The van der Waals surface area contributed by atoms with Gasteiger partial charge in [-0.05, 0) is 80.8 Å². The van der Waals surface area contributed by atoms with E-state index in [1.165, 1.54) is 17.0 Å². The van der Waals surface area contributed by atoms with Crippen LogP contribution in [0.3, 0.4) is 0 Å². The van der Waals surface area contributed by atoms with Crippen LogP contribution >= 0.6 is 15.9 Å². The highest BCUT2D eigenvalue weighted by Crippen LogP contribution is 2.26. The zero-order valence-electron chi connectivity index (χ0n) is 23.2. The van der Waals surface area contributed by atoms with E-state index < -0.39 is 34.3 Å². The summed E-state index contributed by atoms with van der Waals surface area (Å²) < 4.78 is 43.1. The third kappa shape index (κ3) is 7.95. The Kier molecular flexibility index (Phi) is 10.2. The van der Waals surface area contributed by atoms with Crippen LogP contribution in [0.4, 0.5) is 10.1 Å². The van der Waals surface area contributed by atoms with E-state index in [9.17, 15) is 22.4 Å². The summed E-state index contributed by atoms with van der Waals surface area (Å²) in [6.45, 7) is 3.10. The summed E-state index contributed by atoms with van der Waals surface area (Å²) in [5.41, 5.74) is 1.99. The maximum Gasteiger partial charge on any atom is 0.264 e. The number of sulfonamides is 1. The van der Waals surface area contributed by atoms with Gasteiger partial charge in [0, 0.05) is 17.1 Å². The van der Waals surface area contributed by atoms with Crippen molar-refractivity contribution in [2.75, 3.05) is 10.8 Å². The van der Waals surface area contributed by atoms with Crippen LogP contribution in [0, 0.1) is 12.7 Å². The van der Waals surface area contributed by atoms with E-state index in [0.29, 0.717) is 0 Å². The maximum absolute atomic E-state index is 14.0. The zero-order chi connectivity index (χ0) is 29.6. The van der Waals surface area contributed by atoms with Crippen molar-refractivity contribution >= 4 is 43.5 Å². The molecule has 0 aromatic heterocycles. The first-order valence-electron chi connectivity index (χ1n) is 13.7. The zero-order valence-corrected chi connectivity index (χ0v) is 25.6. The second kappa shape index (κ2) is 13.6. The van der Waals surface area contributed by atoms with Crippen LogP contribution in [0.25, 0.3) is 0 Å². The average Bonchev–Trinajstić information content (AvgIpc) is 2.95. The van der Waals surface area contributed by atoms with Gasteiger partial charge in [-0.1, -0.05) is 65.0 Å². The molecule has 2 amide bonds. The number of hydrogen-bond acceptors (Lipinski definition) is 4. The van der Waals surface area contributed by atoms with Crippen molar-refractivity contribution < 1.29 is 22.4 Å². The lowest BCUT2D eigenvalue weighted by Gasteiger charge is -2.33. The number of aryl methyl sites for hydroxylation is 1. The highest BCUT2D eigenvalue weighted by atomic mass is 79.9. The molecule has 1 atom stereocenters. The van der Waals surface area contributed by atoms with Crippen LogP contribution in [-0.4, -0.2) is 43.8 Å². The fourth-order valence-corrected chi connectivity index (χ4v) is 6.82. The smallest absolute Gasteiger partial charge is 0.264 e. The second-order valence-electron chi connectivity index (χ2n) is 10.5. The van der Waals surface area contributed by atoms with Gasteiger partial charge in [0.1, 0.15) is 18.4 Å². The van der Waals surface area contributed by atoms with Crippen LogP contribution in [0.5, 0.6) is 0 Å². The second-order valence-corrected chi connectivity index (χ2v) is 13.3. The molecule has 0 spiro atoms. The van der Waals surface area contributed by atoms with Crippen molar-refractivity contribution in [2.45, 2.75) is 69.5 Å². The molecule has 0 aliphatic heterocycles. The van der Waals surface area contributed by atoms with Crippen LogP contribution in [-0.2, 0) is 26.2 Å². The number of amides is 2. The number of anilines is 1. The Morgan fingerprint density at radius 2 is 1.66 bits per heavy atom. The summed E-state index contributed by atoms with van der Waals surface area (Å²) in [6.07, 6.45) is 5.04. The van der Waals surface area contributed by atoms with Gasteiger partial charge in [-0.3, -0.25) is 13.9 Å². The van der Waals surface area contributed by atoms with Gasteiger partial charge in [0.05, 0.1) is 10.6 Å². The first kappa shape index (κ1) is 30.7. The first-order chi connectivity index (χ1) is 19.5. The number of benzene rings is 3. The Morgan fingerprint density at radius 1 is 1.00 bits per heavy atom. The van der Waals surface area contributed by atoms with E-state index in [-0.39, 0.29) is 29.1 Å². The summed E-state index contributed by atoms with van der Waals surface area (Å²) in [5.74, 6) is -1.38. The maximum atomic E-state index is 14.0. The average molecular weight is 645 g/mol. The van der Waals surface area contributed by atoms with Gasteiger partial charge in [0.2, 0.25) is 11.8 Å². The minimum atomic E-state index is -4.25. The largest absolute Gasteiger partial charge is 0.352 e. The molecule has 0 radical (unpaired) electrons. The van der Waals surface area contributed by atoms with Crippen LogP contribution < -0.4 is 9.62 Å². The Labute approximate surface area is 249 Å². The molecule has 7 nitrogen and oxygen atoms in total. The van der Waals surface area contributed by atoms with Gasteiger partial charge in [-0.25, -0.2) is 12.8 Å². The van der Waals surface area contributed by atoms with Crippen molar-refractivity contribution in [2.24, 2.45) is 0 Å². The lowest BCUT2D eigenvalue weighted by molar-refractivity contribution is -0.139. The molecule has 1 aliphatic rings. The van der Waals surface area contributed by atoms with Crippen molar-refractivity contribution in [3.8, 4) is 0 Å². The normalized spacial score (nSPS) is 14.7. The van der Waals surface area contributed by atoms with E-state index in [4.69, 9.17) is 0 Å². The molecule has 3 aromatic rings. The molecule has 1 N–H and O–H groups in total. The number of rotatable bonds is 10. The van der Waals surface area contributed by atoms with E-state index in [2.05, 4.69) is 21.2 Å². The molecule has 1 fully saturated rings. The van der Waals surface area contributed by atoms with Crippen LogP contribution in [0.15, 0.2) is 82.2 Å². The lowest BCUT2D eigenvalue weighted by atomic mass is 9.95. The van der Waals surface area contributed by atoms with E-state index in [1.807, 2.05) is 31.2 Å². The van der Waals surface area contributed by atoms with E-state index in [1.54, 1.807) is 31.2 Å². The van der Waals surface area contributed by atoms with E-state index in [0.717, 1.165) is 64.1 Å². The Hall–Kier alpha value is -3.24. The number of hydrogen-bond donors (Lipinski definition) is 1. The van der Waals surface area contributed by atoms with Gasteiger partial charge in [0.25, 0.3) is 10.0 Å². The quantitative estimate of drug-likeness (QED) is 0.295. The molecule has 3 aromatic carbocycles. The number of carbonyl (C=O) groups excluding carboxylic acids is 2. The Balaban J connectivity index is 1.67. The van der Waals surface area contributed by atoms with E-state index >= 15 is 0 Å².